The Morgan fingerprint density at radius 1 is 1.29 bits per heavy atom. The standard InChI is InChI=1S/C18H19ClN4O3S2/c1-12-8-13(19)9-15-17(12)21-18(27-15)23(10-14-6-4-5-7-20-14)16(24)11-22(2)28(3,25)26/h4-9H,10-11H2,1-3H3. The highest BCUT2D eigenvalue weighted by atomic mass is 35.5. The summed E-state index contributed by atoms with van der Waals surface area (Å²) in [4.78, 5) is 23.3. The molecule has 0 saturated carbocycles. The molecule has 0 fully saturated rings. The van der Waals surface area contributed by atoms with Gasteiger partial charge in [0.15, 0.2) is 5.13 Å². The fourth-order valence-electron chi connectivity index (χ4n) is 2.57. The van der Waals surface area contributed by atoms with Gasteiger partial charge in [0.05, 0.1) is 35.3 Å². The number of rotatable bonds is 6. The van der Waals surface area contributed by atoms with E-state index in [-0.39, 0.29) is 19.0 Å². The van der Waals surface area contributed by atoms with E-state index in [0.717, 1.165) is 26.3 Å². The van der Waals surface area contributed by atoms with Gasteiger partial charge in [-0.2, -0.15) is 4.31 Å². The lowest BCUT2D eigenvalue weighted by atomic mass is 10.2. The topological polar surface area (TPSA) is 83.5 Å². The van der Waals surface area contributed by atoms with Gasteiger partial charge in [0.25, 0.3) is 0 Å². The largest absolute Gasteiger partial charge is 0.281 e. The first-order valence-electron chi connectivity index (χ1n) is 8.33. The summed E-state index contributed by atoms with van der Waals surface area (Å²) in [5.41, 5.74) is 2.34. The Bertz CT molecular complexity index is 1120. The van der Waals surface area contributed by atoms with Crippen LogP contribution < -0.4 is 4.90 Å². The van der Waals surface area contributed by atoms with E-state index in [9.17, 15) is 13.2 Å². The molecule has 0 spiro atoms. The lowest BCUT2D eigenvalue weighted by Crippen LogP contribution is -2.40. The van der Waals surface area contributed by atoms with E-state index in [4.69, 9.17) is 11.6 Å². The number of pyridine rings is 1. The average Bonchev–Trinajstić information content (AvgIpc) is 3.03. The smallest absolute Gasteiger partial charge is 0.244 e. The summed E-state index contributed by atoms with van der Waals surface area (Å²) in [7, 11) is -2.12. The first kappa shape index (κ1) is 20.7. The number of benzene rings is 1. The number of nitrogens with zero attached hydrogens (tertiary/aromatic N) is 4. The summed E-state index contributed by atoms with van der Waals surface area (Å²) in [5, 5.41) is 1.07. The highest BCUT2D eigenvalue weighted by Gasteiger charge is 2.25. The van der Waals surface area contributed by atoms with E-state index < -0.39 is 10.0 Å². The maximum atomic E-state index is 13.0. The number of thiazole rings is 1. The van der Waals surface area contributed by atoms with Crippen LogP contribution in [0.1, 0.15) is 11.3 Å². The molecule has 28 heavy (non-hydrogen) atoms. The van der Waals surface area contributed by atoms with Crippen LogP contribution >= 0.6 is 22.9 Å². The Labute approximate surface area is 172 Å². The van der Waals surface area contributed by atoms with Crippen molar-refractivity contribution in [1.29, 1.82) is 0 Å². The molecule has 1 amide bonds. The molecule has 0 radical (unpaired) electrons. The number of carbonyl (C=O) groups excluding carboxylic acids is 1. The first-order chi connectivity index (χ1) is 13.1. The number of hydrogen-bond acceptors (Lipinski definition) is 6. The zero-order valence-corrected chi connectivity index (χ0v) is 18.0. The SMILES string of the molecule is Cc1cc(Cl)cc2sc(N(Cc3ccccn3)C(=O)CN(C)S(C)(=O)=O)nc12. The molecule has 7 nitrogen and oxygen atoms in total. The molecule has 0 aliphatic rings. The van der Waals surface area contributed by atoms with E-state index in [1.807, 2.05) is 19.1 Å². The molecule has 2 heterocycles. The molecule has 0 aliphatic carbocycles. The van der Waals surface area contributed by atoms with Crippen LogP contribution in [0.4, 0.5) is 5.13 Å². The first-order valence-corrected chi connectivity index (χ1v) is 11.4. The fraction of sp³-hybridized carbons (Fsp3) is 0.278. The number of halogens is 1. The molecule has 148 valence electrons. The summed E-state index contributed by atoms with van der Waals surface area (Å²) in [6.07, 6.45) is 2.70. The zero-order chi connectivity index (χ0) is 20.5. The molecule has 10 heteroatoms. The fourth-order valence-corrected chi connectivity index (χ4v) is 4.35. The normalized spacial score (nSPS) is 11.9. The Hall–Kier alpha value is -2.07. The number of carbonyl (C=O) groups is 1. The lowest BCUT2D eigenvalue weighted by Gasteiger charge is -2.22. The molecule has 0 bridgehead atoms. The number of aryl methyl sites for hydroxylation is 1. The average molecular weight is 439 g/mol. The number of sulfonamides is 1. The van der Waals surface area contributed by atoms with Crippen LogP contribution in [-0.2, 0) is 21.4 Å². The van der Waals surface area contributed by atoms with Crippen molar-refractivity contribution in [2.24, 2.45) is 0 Å². The van der Waals surface area contributed by atoms with Gasteiger partial charge >= 0.3 is 0 Å². The van der Waals surface area contributed by atoms with Crippen molar-refractivity contribution in [3.8, 4) is 0 Å². The van der Waals surface area contributed by atoms with Crippen molar-refractivity contribution < 1.29 is 13.2 Å². The molecular weight excluding hydrogens is 420 g/mol. The third-order valence-corrected chi connectivity index (χ3v) is 6.65. The van der Waals surface area contributed by atoms with Gasteiger partial charge in [0.2, 0.25) is 15.9 Å². The summed E-state index contributed by atoms with van der Waals surface area (Å²) in [6.45, 7) is 1.80. The van der Waals surface area contributed by atoms with Crippen LogP contribution in [0.15, 0.2) is 36.5 Å². The predicted molar refractivity (Wildman–Crippen MR) is 112 cm³/mol. The lowest BCUT2D eigenvalue weighted by molar-refractivity contribution is -0.118. The van der Waals surface area contributed by atoms with Gasteiger partial charge in [-0.25, -0.2) is 13.4 Å². The number of likely N-dealkylation sites (N-methyl/N-ethyl adjacent to an activating group) is 1. The number of aromatic nitrogens is 2. The number of amides is 1. The van der Waals surface area contributed by atoms with Crippen molar-refractivity contribution in [2.45, 2.75) is 13.5 Å². The van der Waals surface area contributed by atoms with E-state index in [1.165, 1.54) is 23.3 Å². The number of anilines is 1. The predicted octanol–water partition coefficient (Wildman–Crippen LogP) is 3.08. The zero-order valence-electron chi connectivity index (χ0n) is 15.6. The number of fused-ring (bicyclic) bond motifs is 1. The van der Waals surface area contributed by atoms with Crippen LogP contribution in [0.25, 0.3) is 10.2 Å². The van der Waals surface area contributed by atoms with Gasteiger partial charge < -0.3 is 0 Å². The Morgan fingerprint density at radius 2 is 2.04 bits per heavy atom. The number of hydrogen-bond donors (Lipinski definition) is 0. The van der Waals surface area contributed by atoms with Crippen molar-refractivity contribution in [2.75, 3.05) is 24.7 Å². The van der Waals surface area contributed by atoms with Crippen molar-refractivity contribution in [3.05, 3.63) is 52.8 Å². The molecule has 2 aromatic heterocycles. The highest BCUT2D eigenvalue weighted by molar-refractivity contribution is 7.88. The van der Waals surface area contributed by atoms with E-state index >= 15 is 0 Å². The third-order valence-electron chi connectivity index (χ3n) is 4.14. The van der Waals surface area contributed by atoms with Gasteiger partial charge in [0, 0.05) is 18.3 Å². The van der Waals surface area contributed by atoms with Gasteiger partial charge in [0.1, 0.15) is 0 Å². The summed E-state index contributed by atoms with van der Waals surface area (Å²) in [6, 6.07) is 9.04. The summed E-state index contributed by atoms with van der Waals surface area (Å²) < 4.78 is 25.3. The molecular formula is C18H19ClN4O3S2. The summed E-state index contributed by atoms with van der Waals surface area (Å²) >= 11 is 7.47. The van der Waals surface area contributed by atoms with Crippen LogP contribution in [0, 0.1) is 6.92 Å². The third kappa shape index (κ3) is 4.67. The Kier molecular flexibility index (Phi) is 5.99. The van der Waals surface area contributed by atoms with Crippen molar-refractivity contribution >= 4 is 54.2 Å². The Balaban J connectivity index is 2.00. The van der Waals surface area contributed by atoms with E-state index in [0.29, 0.717) is 15.8 Å². The second-order valence-electron chi connectivity index (χ2n) is 6.39. The van der Waals surface area contributed by atoms with E-state index in [1.54, 1.807) is 24.4 Å². The van der Waals surface area contributed by atoms with Gasteiger partial charge in [-0.1, -0.05) is 29.0 Å². The molecule has 1 aromatic carbocycles. The molecule has 0 unspecified atom stereocenters. The van der Waals surface area contributed by atoms with Crippen LogP contribution in [0.3, 0.4) is 0 Å². The highest BCUT2D eigenvalue weighted by Crippen LogP contribution is 2.33. The second kappa shape index (κ2) is 8.12. The molecule has 0 N–H and O–H groups in total. The van der Waals surface area contributed by atoms with Crippen molar-refractivity contribution in [3.63, 3.8) is 0 Å². The Morgan fingerprint density at radius 3 is 2.68 bits per heavy atom. The maximum absolute atomic E-state index is 13.0. The molecule has 0 aliphatic heterocycles. The molecule has 0 saturated heterocycles. The monoisotopic (exact) mass is 438 g/mol. The van der Waals surface area contributed by atoms with Gasteiger partial charge in [-0.15, -0.1) is 0 Å². The van der Waals surface area contributed by atoms with Gasteiger partial charge in [-0.3, -0.25) is 14.7 Å². The minimum absolute atomic E-state index is 0.184. The quantitative estimate of drug-likeness (QED) is 0.590. The second-order valence-corrected chi connectivity index (χ2v) is 9.92. The van der Waals surface area contributed by atoms with Crippen molar-refractivity contribution in [1.82, 2.24) is 14.3 Å². The van der Waals surface area contributed by atoms with Gasteiger partial charge in [-0.05, 0) is 36.8 Å². The van der Waals surface area contributed by atoms with E-state index in [2.05, 4.69) is 9.97 Å². The van der Waals surface area contributed by atoms with Crippen LogP contribution in [0.5, 0.6) is 0 Å². The van der Waals surface area contributed by atoms with Crippen LogP contribution in [0.2, 0.25) is 5.02 Å². The summed E-state index contributed by atoms with van der Waals surface area (Å²) in [5.74, 6) is -0.388. The molecule has 3 rings (SSSR count). The van der Waals surface area contributed by atoms with Crippen LogP contribution in [-0.4, -0.2) is 48.4 Å². The maximum Gasteiger partial charge on any atom is 0.244 e. The minimum Gasteiger partial charge on any atom is -0.281 e. The minimum atomic E-state index is -3.49. The molecule has 3 aromatic rings. The molecule has 0 atom stereocenters.